The Morgan fingerprint density at radius 1 is 1.44 bits per heavy atom. The van der Waals surface area contributed by atoms with Crippen molar-refractivity contribution in [3.05, 3.63) is 29.8 Å². The average Bonchev–Trinajstić information content (AvgIpc) is 2.76. The Bertz CT molecular complexity index is 478. The highest BCUT2D eigenvalue weighted by Gasteiger charge is 2.27. The van der Waals surface area contributed by atoms with Gasteiger partial charge in [0.2, 0.25) is 5.91 Å². The Morgan fingerprint density at radius 3 is 2.83 bits per heavy atom. The molecule has 96 valence electrons. The molecule has 5 nitrogen and oxygen atoms in total. The van der Waals surface area contributed by atoms with E-state index in [-0.39, 0.29) is 22.8 Å². The summed E-state index contributed by atoms with van der Waals surface area (Å²) in [6, 6.07) is 5.92. The molecule has 1 aromatic carbocycles. The zero-order valence-corrected chi connectivity index (χ0v) is 10.5. The molecule has 0 aliphatic carbocycles. The van der Waals surface area contributed by atoms with Crippen LogP contribution in [-0.4, -0.2) is 34.8 Å². The largest absolute Gasteiger partial charge is 0.478 e. The van der Waals surface area contributed by atoms with Gasteiger partial charge in [-0.1, -0.05) is 6.07 Å². The fraction of sp³-hybridized carbons (Fsp3) is 0.333. The van der Waals surface area contributed by atoms with Crippen molar-refractivity contribution in [2.75, 3.05) is 11.9 Å². The first-order valence-electron chi connectivity index (χ1n) is 5.62. The molecule has 0 saturated carbocycles. The topological polar surface area (TPSA) is 78.4 Å². The molecule has 1 aliphatic rings. The van der Waals surface area contributed by atoms with Gasteiger partial charge in [-0.2, -0.15) is 12.6 Å². The van der Waals surface area contributed by atoms with Gasteiger partial charge in [-0.05, 0) is 24.6 Å². The van der Waals surface area contributed by atoms with Gasteiger partial charge in [0.05, 0.1) is 11.6 Å². The van der Waals surface area contributed by atoms with Gasteiger partial charge in [-0.15, -0.1) is 0 Å². The number of aromatic carboxylic acids is 1. The van der Waals surface area contributed by atoms with Gasteiger partial charge >= 0.3 is 5.97 Å². The lowest BCUT2D eigenvalue weighted by Crippen LogP contribution is -2.35. The molecule has 0 spiro atoms. The minimum Gasteiger partial charge on any atom is -0.478 e. The molecule has 1 heterocycles. The molecule has 1 aromatic rings. The van der Waals surface area contributed by atoms with Crippen LogP contribution in [0.15, 0.2) is 24.3 Å². The average molecular weight is 266 g/mol. The molecule has 0 bridgehead atoms. The highest BCUT2D eigenvalue weighted by molar-refractivity contribution is 7.81. The third kappa shape index (κ3) is 3.02. The van der Waals surface area contributed by atoms with Gasteiger partial charge < -0.3 is 15.7 Å². The number of anilines is 1. The van der Waals surface area contributed by atoms with E-state index < -0.39 is 5.97 Å². The Morgan fingerprint density at radius 2 is 2.22 bits per heavy atom. The maximum atomic E-state index is 11.9. The van der Waals surface area contributed by atoms with Crippen LogP contribution in [0.3, 0.4) is 0 Å². The van der Waals surface area contributed by atoms with Crippen LogP contribution in [0.1, 0.15) is 16.8 Å². The SMILES string of the molecule is O=C(O)c1cccc(NC(=O)[C@H]2C[C@@H](S)CN2)c1. The summed E-state index contributed by atoms with van der Waals surface area (Å²) in [5.74, 6) is -1.17. The van der Waals surface area contributed by atoms with Crippen LogP contribution in [0.25, 0.3) is 0 Å². The fourth-order valence-electron chi connectivity index (χ4n) is 1.88. The molecule has 0 aromatic heterocycles. The van der Waals surface area contributed by atoms with E-state index in [2.05, 4.69) is 23.3 Å². The summed E-state index contributed by atoms with van der Waals surface area (Å²) in [7, 11) is 0. The summed E-state index contributed by atoms with van der Waals surface area (Å²) in [6.45, 7) is 0.705. The number of rotatable bonds is 3. The van der Waals surface area contributed by atoms with E-state index in [4.69, 9.17) is 5.11 Å². The third-order valence-corrected chi connectivity index (χ3v) is 3.19. The lowest BCUT2D eigenvalue weighted by molar-refractivity contribution is -0.117. The predicted molar refractivity (Wildman–Crippen MR) is 71.2 cm³/mol. The quantitative estimate of drug-likeness (QED) is 0.615. The van der Waals surface area contributed by atoms with E-state index in [9.17, 15) is 9.59 Å². The summed E-state index contributed by atoms with van der Waals surface area (Å²) in [6.07, 6.45) is 0.674. The predicted octanol–water partition coefficient (Wildman–Crippen LogP) is 0.984. The molecule has 0 unspecified atom stereocenters. The summed E-state index contributed by atoms with van der Waals surface area (Å²) in [5.41, 5.74) is 0.642. The highest BCUT2D eigenvalue weighted by atomic mass is 32.1. The molecular formula is C12H14N2O3S. The van der Waals surface area contributed by atoms with Gasteiger partial charge in [0, 0.05) is 17.5 Å². The normalized spacial score (nSPS) is 22.7. The zero-order valence-electron chi connectivity index (χ0n) is 9.59. The number of hydrogen-bond acceptors (Lipinski definition) is 4. The molecule has 2 atom stereocenters. The van der Waals surface area contributed by atoms with E-state index in [0.717, 1.165) is 0 Å². The Kier molecular flexibility index (Phi) is 3.88. The van der Waals surface area contributed by atoms with Crippen molar-refractivity contribution in [1.29, 1.82) is 0 Å². The molecule has 1 amide bonds. The smallest absolute Gasteiger partial charge is 0.335 e. The number of benzene rings is 1. The first kappa shape index (κ1) is 12.9. The monoisotopic (exact) mass is 266 g/mol. The molecule has 3 N–H and O–H groups in total. The van der Waals surface area contributed by atoms with Crippen molar-refractivity contribution in [2.45, 2.75) is 17.7 Å². The highest BCUT2D eigenvalue weighted by Crippen LogP contribution is 2.15. The number of carbonyl (C=O) groups excluding carboxylic acids is 1. The van der Waals surface area contributed by atoms with Crippen LogP contribution in [0.2, 0.25) is 0 Å². The van der Waals surface area contributed by atoms with E-state index in [1.54, 1.807) is 12.1 Å². The number of carboxylic acid groups (broad SMARTS) is 1. The standard InChI is InChI=1S/C12H14N2O3S/c15-11(10-5-9(18)6-13-10)14-8-3-1-2-7(4-8)12(16)17/h1-4,9-10,13,18H,5-6H2,(H,14,15)(H,16,17)/t9-,10-/m1/s1. The van der Waals surface area contributed by atoms with Crippen molar-refractivity contribution < 1.29 is 14.7 Å². The maximum absolute atomic E-state index is 11.9. The third-order valence-electron chi connectivity index (χ3n) is 2.80. The Balaban J connectivity index is 2.03. The van der Waals surface area contributed by atoms with Gasteiger partial charge in [-0.25, -0.2) is 4.79 Å². The first-order chi connectivity index (χ1) is 8.56. The summed E-state index contributed by atoms with van der Waals surface area (Å²) in [4.78, 5) is 22.7. The van der Waals surface area contributed by atoms with Crippen molar-refractivity contribution in [1.82, 2.24) is 5.32 Å². The molecular weight excluding hydrogens is 252 g/mol. The minimum atomic E-state index is -1.01. The van der Waals surface area contributed by atoms with Crippen molar-refractivity contribution >= 4 is 30.2 Å². The van der Waals surface area contributed by atoms with Crippen LogP contribution in [0, 0.1) is 0 Å². The summed E-state index contributed by atoms with van der Waals surface area (Å²) in [5, 5.41) is 14.8. The fourth-order valence-corrected chi connectivity index (χ4v) is 2.19. The number of nitrogens with one attached hydrogen (secondary N) is 2. The molecule has 1 aliphatic heterocycles. The Hall–Kier alpha value is -1.53. The van der Waals surface area contributed by atoms with Crippen LogP contribution in [0.5, 0.6) is 0 Å². The van der Waals surface area contributed by atoms with Crippen LogP contribution < -0.4 is 10.6 Å². The van der Waals surface area contributed by atoms with Crippen LogP contribution in [-0.2, 0) is 4.79 Å². The van der Waals surface area contributed by atoms with E-state index in [0.29, 0.717) is 18.7 Å². The van der Waals surface area contributed by atoms with Gasteiger partial charge in [0.15, 0.2) is 0 Å². The second-order valence-corrected chi connectivity index (χ2v) is 4.96. The first-order valence-corrected chi connectivity index (χ1v) is 6.13. The van der Waals surface area contributed by atoms with Gasteiger partial charge in [0.1, 0.15) is 0 Å². The second-order valence-electron chi connectivity index (χ2n) is 4.23. The second kappa shape index (κ2) is 5.41. The van der Waals surface area contributed by atoms with Crippen molar-refractivity contribution in [3.8, 4) is 0 Å². The number of carbonyl (C=O) groups is 2. The minimum absolute atomic E-state index is 0.152. The van der Waals surface area contributed by atoms with E-state index in [1.165, 1.54) is 12.1 Å². The number of hydrogen-bond donors (Lipinski definition) is 4. The van der Waals surface area contributed by atoms with Gasteiger partial charge in [-0.3, -0.25) is 4.79 Å². The Labute approximate surface area is 110 Å². The summed E-state index contributed by atoms with van der Waals surface area (Å²) < 4.78 is 0. The van der Waals surface area contributed by atoms with Crippen molar-refractivity contribution in [3.63, 3.8) is 0 Å². The molecule has 1 saturated heterocycles. The van der Waals surface area contributed by atoms with Crippen molar-refractivity contribution in [2.24, 2.45) is 0 Å². The lowest BCUT2D eigenvalue weighted by atomic mass is 10.2. The van der Waals surface area contributed by atoms with E-state index in [1.807, 2.05) is 0 Å². The van der Waals surface area contributed by atoms with E-state index >= 15 is 0 Å². The molecule has 18 heavy (non-hydrogen) atoms. The molecule has 6 heteroatoms. The van der Waals surface area contributed by atoms with Crippen LogP contribution in [0.4, 0.5) is 5.69 Å². The number of thiol groups is 1. The molecule has 2 rings (SSSR count). The number of carboxylic acids is 1. The molecule has 0 radical (unpaired) electrons. The maximum Gasteiger partial charge on any atom is 0.335 e. The molecule has 1 fully saturated rings. The van der Waals surface area contributed by atoms with Gasteiger partial charge in [0.25, 0.3) is 0 Å². The number of amides is 1. The lowest BCUT2D eigenvalue weighted by Gasteiger charge is -2.11. The van der Waals surface area contributed by atoms with Crippen LogP contribution >= 0.6 is 12.6 Å². The zero-order chi connectivity index (χ0) is 13.1. The summed E-state index contributed by atoms with van der Waals surface area (Å²) >= 11 is 4.30.